The number of amides is 2. The number of rotatable bonds is 2. The average Bonchev–Trinajstić information content (AvgIpc) is 3.05. The Morgan fingerprint density at radius 3 is 2.86 bits per heavy atom. The van der Waals surface area contributed by atoms with Crippen LogP contribution in [0.4, 0.5) is 4.79 Å². The van der Waals surface area contributed by atoms with Crippen LogP contribution in [0.3, 0.4) is 0 Å². The lowest BCUT2D eigenvalue weighted by atomic mass is 9.84. The van der Waals surface area contributed by atoms with Crippen molar-refractivity contribution in [2.24, 2.45) is 7.05 Å². The number of ketones is 1. The van der Waals surface area contributed by atoms with Crippen LogP contribution in [0.2, 0.25) is 5.02 Å². The minimum atomic E-state index is -0.627. The lowest BCUT2D eigenvalue weighted by Crippen LogP contribution is -2.69. The van der Waals surface area contributed by atoms with Gasteiger partial charge in [-0.15, -0.1) is 0 Å². The van der Waals surface area contributed by atoms with Crippen molar-refractivity contribution >= 4 is 34.3 Å². The second-order valence-corrected chi connectivity index (χ2v) is 8.30. The molecule has 0 aliphatic carbocycles. The fourth-order valence-electron chi connectivity index (χ4n) is 4.17. The molecule has 6 nitrogen and oxygen atoms in total. The van der Waals surface area contributed by atoms with Gasteiger partial charge < -0.3 is 19.5 Å². The van der Waals surface area contributed by atoms with E-state index in [0.29, 0.717) is 36.0 Å². The highest BCUT2D eigenvalue weighted by Crippen LogP contribution is 2.39. The maximum absolute atomic E-state index is 12.5. The maximum atomic E-state index is 12.5. The molecule has 2 amide bonds. The molecule has 2 aliphatic heterocycles. The van der Waals surface area contributed by atoms with Gasteiger partial charge in [0.25, 0.3) is 0 Å². The van der Waals surface area contributed by atoms with E-state index in [2.05, 4.69) is 28.1 Å². The summed E-state index contributed by atoms with van der Waals surface area (Å²) in [5, 5.41) is 4.62. The minimum absolute atomic E-state index is 0.00460. The van der Waals surface area contributed by atoms with Gasteiger partial charge in [0.1, 0.15) is 5.75 Å². The van der Waals surface area contributed by atoms with Crippen LogP contribution in [-0.2, 0) is 13.6 Å². The quantitative estimate of drug-likeness (QED) is 0.701. The summed E-state index contributed by atoms with van der Waals surface area (Å²) >= 11 is 5.97. The number of urea groups is 1. The summed E-state index contributed by atoms with van der Waals surface area (Å²) < 4.78 is 8.14. The van der Waals surface area contributed by atoms with Crippen molar-refractivity contribution in [1.82, 2.24) is 14.8 Å². The van der Waals surface area contributed by atoms with Gasteiger partial charge in [-0.3, -0.25) is 4.79 Å². The molecular formula is C22H20ClN3O3. The summed E-state index contributed by atoms with van der Waals surface area (Å²) in [4.78, 5) is 26.7. The molecule has 3 heterocycles. The number of carbonyl (C=O) groups excluding carboxylic acids is 2. The summed E-state index contributed by atoms with van der Waals surface area (Å²) in [6.45, 7) is 1.24. The molecule has 2 aromatic carbocycles. The smallest absolute Gasteiger partial charge is 0.317 e. The molecular weight excluding hydrogens is 390 g/mol. The van der Waals surface area contributed by atoms with Gasteiger partial charge >= 0.3 is 6.03 Å². The van der Waals surface area contributed by atoms with Crippen molar-refractivity contribution in [2.45, 2.75) is 18.6 Å². The zero-order chi connectivity index (χ0) is 20.2. The van der Waals surface area contributed by atoms with E-state index in [1.54, 1.807) is 23.1 Å². The van der Waals surface area contributed by atoms with Gasteiger partial charge in [-0.1, -0.05) is 17.7 Å². The third-order valence-electron chi connectivity index (χ3n) is 5.69. The maximum Gasteiger partial charge on any atom is 0.317 e. The summed E-state index contributed by atoms with van der Waals surface area (Å²) in [5.74, 6) is 0.548. The second-order valence-electron chi connectivity index (χ2n) is 7.86. The molecule has 1 saturated heterocycles. The SMILES string of the molecule is Cn1ccc2cc(CNC(=O)N3CC4(CC(=O)c5cc(Cl)ccc5O4)C3)ccc21. The highest BCUT2D eigenvalue weighted by atomic mass is 35.5. The van der Waals surface area contributed by atoms with Crippen LogP contribution in [0, 0.1) is 0 Å². The van der Waals surface area contributed by atoms with Crippen molar-refractivity contribution in [3.63, 3.8) is 0 Å². The fourth-order valence-corrected chi connectivity index (χ4v) is 4.34. The molecule has 29 heavy (non-hydrogen) atoms. The first-order chi connectivity index (χ1) is 13.9. The number of ether oxygens (including phenoxy) is 1. The first kappa shape index (κ1) is 18.1. The first-order valence-corrected chi connectivity index (χ1v) is 9.89. The van der Waals surface area contributed by atoms with Crippen LogP contribution in [0.1, 0.15) is 22.3 Å². The summed E-state index contributed by atoms with van der Waals surface area (Å²) in [5.41, 5.74) is 2.09. The van der Waals surface area contributed by atoms with E-state index >= 15 is 0 Å². The molecule has 0 saturated carbocycles. The van der Waals surface area contributed by atoms with Gasteiger partial charge in [-0.05, 0) is 47.3 Å². The number of nitrogens with zero attached hydrogens (tertiary/aromatic N) is 2. The van der Waals surface area contributed by atoms with Crippen LogP contribution in [0.15, 0.2) is 48.7 Å². The Kier molecular flexibility index (Phi) is 4.06. The van der Waals surface area contributed by atoms with Crippen LogP contribution < -0.4 is 10.1 Å². The standard InChI is InChI=1S/C22H20ClN3O3/c1-25-7-6-15-8-14(2-4-18(15)25)11-24-21(28)26-12-22(13-26)10-19(27)17-9-16(23)3-5-20(17)29-22/h2-9H,10-13H2,1H3,(H,24,28). The van der Waals surface area contributed by atoms with E-state index in [9.17, 15) is 9.59 Å². The Morgan fingerprint density at radius 1 is 1.21 bits per heavy atom. The lowest BCUT2D eigenvalue weighted by Gasteiger charge is -2.50. The van der Waals surface area contributed by atoms with E-state index in [-0.39, 0.29) is 18.2 Å². The van der Waals surface area contributed by atoms with E-state index in [1.807, 2.05) is 19.3 Å². The second kappa shape index (κ2) is 6.52. The van der Waals surface area contributed by atoms with Gasteiger partial charge in [0.15, 0.2) is 11.4 Å². The fraction of sp³-hybridized carbons (Fsp3) is 0.273. The lowest BCUT2D eigenvalue weighted by molar-refractivity contribution is -0.0596. The van der Waals surface area contributed by atoms with Gasteiger partial charge in [0.05, 0.1) is 25.1 Å². The Balaban J connectivity index is 1.21. The predicted molar refractivity (Wildman–Crippen MR) is 110 cm³/mol. The largest absolute Gasteiger partial charge is 0.482 e. The summed E-state index contributed by atoms with van der Waals surface area (Å²) in [6, 6.07) is 13.1. The number of hydrogen-bond donors (Lipinski definition) is 1. The minimum Gasteiger partial charge on any atom is -0.482 e. The molecule has 0 bridgehead atoms. The first-order valence-electron chi connectivity index (χ1n) is 9.51. The van der Waals surface area contributed by atoms with Gasteiger partial charge in [-0.25, -0.2) is 4.79 Å². The van der Waals surface area contributed by atoms with Crippen molar-refractivity contribution in [3.8, 4) is 5.75 Å². The van der Waals surface area contributed by atoms with Gasteiger partial charge in [0.2, 0.25) is 0 Å². The number of aryl methyl sites for hydroxylation is 1. The van der Waals surface area contributed by atoms with Gasteiger partial charge in [0, 0.05) is 30.3 Å². The number of halogens is 1. The Morgan fingerprint density at radius 2 is 2.03 bits per heavy atom. The van der Waals surface area contributed by atoms with Crippen molar-refractivity contribution in [1.29, 1.82) is 0 Å². The molecule has 0 atom stereocenters. The number of likely N-dealkylation sites (tertiary alicyclic amines) is 1. The number of fused-ring (bicyclic) bond motifs is 2. The summed E-state index contributed by atoms with van der Waals surface area (Å²) in [6.07, 6.45) is 2.28. The van der Waals surface area contributed by atoms with E-state index in [4.69, 9.17) is 16.3 Å². The molecule has 7 heteroatoms. The molecule has 148 valence electrons. The topological polar surface area (TPSA) is 63.6 Å². The monoisotopic (exact) mass is 409 g/mol. The normalized spacial score (nSPS) is 17.0. The van der Waals surface area contributed by atoms with Crippen molar-refractivity contribution in [2.75, 3.05) is 13.1 Å². The van der Waals surface area contributed by atoms with E-state index < -0.39 is 5.60 Å². The molecule has 1 fully saturated rings. The number of hydrogen-bond acceptors (Lipinski definition) is 3. The number of carbonyl (C=O) groups is 2. The van der Waals surface area contributed by atoms with Crippen LogP contribution in [0.25, 0.3) is 10.9 Å². The summed E-state index contributed by atoms with van der Waals surface area (Å²) in [7, 11) is 2.01. The molecule has 0 radical (unpaired) electrons. The molecule has 1 aromatic heterocycles. The molecule has 1 spiro atoms. The van der Waals surface area contributed by atoms with E-state index in [0.717, 1.165) is 16.5 Å². The molecule has 1 N–H and O–H groups in total. The molecule has 0 unspecified atom stereocenters. The van der Waals surface area contributed by atoms with E-state index in [1.165, 1.54) is 0 Å². The molecule has 5 rings (SSSR count). The van der Waals surface area contributed by atoms with Crippen molar-refractivity contribution in [3.05, 3.63) is 64.8 Å². The number of aromatic nitrogens is 1. The molecule has 2 aliphatic rings. The van der Waals surface area contributed by atoms with Crippen LogP contribution in [-0.4, -0.2) is 40.0 Å². The third kappa shape index (κ3) is 3.13. The van der Waals surface area contributed by atoms with Crippen molar-refractivity contribution < 1.29 is 14.3 Å². The number of Topliss-reactive ketones (excluding diaryl/α,β-unsaturated/α-hetero) is 1. The van der Waals surface area contributed by atoms with Crippen LogP contribution in [0.5, 0.6) is 5.75 Å². The van der Waals surface area contributed by atoms with Gasteiger partial charge in [-0.2, -0.15) is 0 Å². The Labute approximate surface area is 173 Å². The molecule has 3 aromatic rings. The zero-order valence-electron chi connectivity index (χ0n) is 15.9. The Bertz CT molecular complexity index is 1150. The third-order valence-corrected chi connectivity index (χ3v) is 5.92. The average molecular weight is 410 g/mol. The number of benzene rings is 2. The highest BCUT2D eigenvalue weighted by Gasteiger charge is 2.51. The zero-order valence-corrected chi connectivity index (χ0v) is 16.7. The number of nitrogens with one attached hydrogen (secondary N) is 1. The Hall–Kier alpha value is -2.99. The van der Waals surface area contributed by atoms with Crippen LogP contribution >= 0.6 is 11.6 Å². The highest BCUT2D eigenvalue weighted by molar-refractivity contribution is 6.31. The predicted octanol–water partition coefficient (Wildman–Crippen LogP) is 3.76.